The van der Waals surface area contributed by atoms with Gasteiger partial charge in [-0.15, -0.1) is 0 Å². The van der Waals surface area contributed by atoms with Crippen LogP contribution >= 0.6 is 0 Å². The highest BCUT2D eigenvalue weighted by Crippen LogP contribution is 2.15. The second kappa shape index (κ2) is 7.39. The van der Waals surface area contributed by atoms with E-state index in [-0.39, 0.29) is 23.4 Å². The minimum Gasteiger partial charge on any atom is -0.341 e. The molecule has 0 radical (unpaired) electrons. The number of H-pyrrole nitrogens is 1. The third-order valence-electron chi connectivity index (χ3n) is 5.15. The number of hydrogen-bond acceptors (Lipinski definition) is 4. The van der Waals surface area contributed by atoms with E-state index in [1.54, 1.807) is 17.9 Å². The molecule has 0 bridgehead atoms. The van der Waals surface area contributed by atoms with Gasteiger partial charge in [0, 0.05) is 56.6 Å². The molecule has 0 aromatic carbocycles. The molecule has 7 heteroatoms. The van der Waals surface area contributed by atoms with Crippen LogP contribution in [0.5, 0.6) is 0 Å². The molecule has 2 saturated heterocycles. The molecule has 2 aliphatic heterocycles. The molecule has 2 amide bonds. The molecule has 2 aliphatic rings. The fourth-order valence-electron chi connectivity index (χ4n) is 3.66. The van der Waals surface area contributed by atoms with Crippen molar-refractivity contribution in [2.45, 2.75) is 32.7 Å². The third-order valence-corrected chi connectivity index (χ3v) is 5.15. The molecule has 1 aromatic heterocycles. The quantitative estimate of drug-likeness (QED) is 0.862. The number of aromatic nitrogens is 1. The lowest BCUT2D eigenvalue weighted by molar-refractivity contribution is -0.135. The summed E-state index contributed by atoms with van der Waals surface area (Å²) in [5.41, 5.74) is 0.849. The Kier molecular flexibility index (Phi) is 5.22. The number of nitrogens with zero attached hydrogens (tertiary/aromatic N) is 3. The maximum atomic E-state index is 12.6. The lowest BCUT2D eigenvalue weighted by atomic mass is 10.1. The van der Waals surface area contributed by atoms with E-state index in [2.05, 4.69) is 9.88 Å². The molecule has 3 heterocycles. The summed E-state index contributed by atoms with van der Waals surface area (Å²) in [6, 6.07) is 2.91. The fourth-order valence-corrected chi connectivity index (χ4v) is 3.66. The van der Waals surface area contributed by atoms with Gasteiger partial charge in [-0.05, 0) is 32.8 Å². The van der Waals surface area contributed by atoms with Gasteiger partial charge in [0.15, 0.2) is 0 Å². The first-order valence-corrected chi connectivity index (χ1v) is 8.99. The Labute approximate surface area is 147 Å². The van der Waals surface area contributed by atoms with E-state index in [9.17, 15) is 14.4 Å². The number of hydrogen-bond donors (Lipinski definition) is 1. The number of carbonyl (C=O) groups excluding carboxylic acids is 2. The van der Waals surface area contributed by atoms with Crippen LogP contribution in [0.2, 0.25) is 0 Å². The van der Waals surface area contributed by atoms with Crippen molar-refractivity contribution in [2.24, 2.45) is 0 Å². The summed E-state index contributed by atoms with van der Waals surface area (Å²) >= 11 is 0. The van der Waals surface area contributed by atoms with Crippen LogP contribution in [0.4, 0.5) is 0 Å². The molecule has 136 valence electrons. The Morgan fingerprint density at radius 2 is 1.64 bits per heavy atom. The zero-order valence-corrected chi connectivity index (χ0v) is 15.0. The predicted octanol–water partition coefficient (Wildman–Crippen LogP) is 0.452. The molecule has 0 aliphatic carbocycles. The van der Waals surface area contributed by atoms with E-state index in [0.717, 1.165) is 25.9 Å². The fraction of sp³-hybridized carbons (Fsp3) is 0.611. The molecule has 1 unspecified atom stereocenters. The number of aryl methyl sites for hydroxylation is 1. The van der Waals surface area contributed by atoms with Gasteiger partial charge in [-0.1, -0.05) is 0 Å². The van der Waals surface area contributed by atoms with Crippen molar-refractivity contribution in [3.63, 3.8) is 0 Å². The van der Waals surface area contributed by atoms with Crippen LogP contribution < -0.4 is 5.56 Å². The van der Waals surface area contributed by atoms with Crippen molar-refractivity contribution in [3.05, 3.63) is 33.7 Å². The minimum atomic E-state index is -0.258. The lowest BCUT2D eigenvalue weighted by Crippen LogP contribution is -2.55. The molecule has 3 rings (SSSR count). The van der Waals surface area contributed by atoms with Gasteiger partial charge in [0.1, 0.15) is 0 Å². The normalized spacial score (nSPS) is 19.9. The lowest BCUT2D eigenvalue weighted by Gasteiger charge is -2.38. The molecule has 1 aromatic rings. The number of carbonyl (C=O) groups is 2. The highest BCUT2D eigenvalue weighted by atomic mass is 16.2. The molecule has 25 heavy (non-hydrogen) atoms. The SMILES string of the molecule is Cc1cc(C(=O)N2CCN(C(C)C(=O)N3CCCC3)CC2)cc(=O)[nH]1. The number of rotatable bonds is 3. The van der Waals surface area contributed by atoms with Crippen molar-refractivity contribution < 1.29 is 9.59 Å². The van der Waals surface area contributed by atoms with Crippen molar-refractivity contribution in [2.75, 3.05) is 39.3 Å². The molecule has 1 atom stereocenters. The minimum absolute atomic E-state index is 0.118. The van der Waals surface area contributed by atoms with Gasteiger partial charge in [0.05, 0.1) is 6.04 Å². The number of pyridine rings is 1. The topological polar surface area (TPSA) is 76.7 Å². The molecule has 0 saturated carbocycles. The summed E-state index contributed by atoms with van der Waals surface area (Å²) in [5.74, 6) is 0.0786. The maximum absolute atomic E-state index is 12.6. The highest BCUT2D eigenvalue weighted by molar-refractivity contribution is 5.94. The summed E-state index contributed by atoms with van der Waals surface area (Å²) in [7, 11) is 0. The van der Waals surface area contributed by atoms with Crippen molar-refractivity contribution in [3.8, 4) is 0 Å². The maximum Gasteiger partial charge on any atom is 0.254 e. The Morgan fingerprint density at radius 3 is 2.24 bits per heavy atom. The van der Waals surface area contributed by atoms with Gasteiger partial charge in [0.2, 0.25) is 11.5 Å². The molecular formula is C18H26N4O3. The molecule has 1 N–H and O–H groups in total. The van der Waals surface area contributed by atoms with Crippen LogP contribution in [-0.2, 0) is 4.79 Å². The van der Waals surface area contributed by atoms with Crippen LogP contribution in [0.3, 0.4) is 0 Å². The van der Waals surface area contributed by atoms with Gasteiger partial charge in [-0.3, -0.25) is 19.3 Å². The largest absolute Gasteiger partial charge is 0.341 e. The van der Waals surface area contributed by atoms with Gasteiger partial charge in [-0.25, -0.2) is 0 Å². The zero-order chi connectivity index (χ0) is 18.0. The Balaban J connectivity index is 1.58. The number of aromatic amines is 1. The van der Waals surface area contributed by atoms with E-state index in [1.165, 1.54) is 6.07 Å². The smallest absolute Gasteiger partial charge is 0.254 e. The van der Waals surface area contributed by atoms with Gasteiger partial charge < -0.3 is 14.8 Å². The van der Waals surface area contributed by atoms with Crippen LogP contribution in [0.25, 0.3) is 0 Å². The number of piperazine rings is 1. The summed E-state index contributed by atoms with van der Waals surface area (Å²) in [4.78, 5) is 45.2. The zero-order valence-electron chi connectivity index (χ0n) is 15.0. The van der Waals surface area contributed by atoms with Gasteiger partial charge >= 0.3 is 0 Å². The summed E-state index contributed by atoms with van der Waals surface area (Å²) in [5, 5.41) is 0. The van der Waals surface area contributed by atoms with Crippen molar-refractivity contribution in [1.82, 2.24) is 19.7 Å². The van der Waals surface area contributed by atoms with E-state index in [0.29, 0.717) is 37.4 Å². The number of nitrogens with one attached hydrogen (secondary N) is 1. The second-order valence-corrected chi connectivity index (χ2v) is 6.95. The molecular weight excluding hydrogens is 320 g/mol. The molecule has 7 nitrogen and oxygen atoms in total. The van der Waals surface area contributed by atoms with Crippen molar-refractivity contribution >= 4 is 11.8 Å². The van der Waals surface area contributed by atoms with Gasteiger partial charge in [0.25, 0.3) is 5.91 Å². The Hall–Kier alpha value is -2.15. The van der Waals surface area contributed by atoms with E-state index in [1.807, 2.05) is 11.8 Å². The predicted molar refractivity (Wildman–Crippen MR) is 94.6 cm³/mol. The average molecular weight is 346 g/mol. The summed E-state index contributed by atoms with van der Waals surface area (Å²) in [6.45, 7) is 7.95. The summed E-state index contributed by atoms with van der Waals surface area (Å²) in [6.07, 6.45) is 2.19. The number of likely N-dealkylation sites (tertiary alicyclic amines) is 1. The Bertz CT molecular complexity index is 701. The highest BCUT2D eigenvalue weighted by Gasteiger charge is 2.31. The van der Waals surface area contributed by atoms with Crippen LogP contribution in [0.15, 0.2) is 16.9 Å². The Morgan fingerprint density at radius 1 is 1.00 bits per heavy atom. The number of amides is 2. The molecule has 2 fully saturated rings. The van der Waals surface area contributed by atoms with Crippen LogP contribution in [-0.4, -0.2) is 76.8 Å². The summed E-state index contributed by atoms with van der Waals surface area (Å²) < 4.78 is 0. The van der Waals surface area contributed by atoms with Gasteiger partial charge in [-0.2, -0.15) is 0 Å². The van der Waals surface area contributed by atoms with E-state index in [4.69, 9.17) is 0 Å². The second-order valence-electron chi connectivity index (χ2n) is 6.95. The monoisotopic (exact) mass is 346 g/mol. The average Bonchev–Trinajstić information content (AvgIpc) is 3.14. The third kappa shape index (κ3) is 3.92. The van der Waals surface area contributed by atoms with Crippen LogP contribution in [0.1, 0.15) is 35.8 Å². The first kappa shape index (κ1) is 17.7. The first-order chi connectivity index (χ1) is 12.0. The van der Waals surface area contributed by atoms with Crippen LogP contribution in [0, 0.1) is 6.92 Å². The van der Waals surface area contributed by atoms with Crippen molar-refractivity contribution in [1.29, 1.82) is 0 Å². The van der Waals surface area contributed by atoms with E-state index >= 15 is 0 Å². The van der Waals surface area contributed by atoms with E-state index < -0.39 is 0 Å². The molecule has 0 spiro atoms. The first-order valence-electron chi connectivity index (χ1n) is 8.99. The standard InChI is InChI=1S/C18H26N4O3/c1-13-11-15(12-16(23)19-13)18(25)22-9-7-20(8-10-22)14(2)17(24)21-5-3-4-6-21/h11-12,14H,3-10H2,1-2H3,(H,19,23).